The quantitative estimate of drug-likeness (QED) is 0.254. The van der Waals surface area contributed by atoms with Crippen LogP contribution in [0.3, 0.4) is 0 Å². The minimum atomic E-state index is 0.0450. The summed E-state index contributed by atoms with van der Waals surface area (Å²) >= 11 is 0. The molecule has 0 amide bonds. The Labute approximate surface area is 228 Å². The molecule has 6 heteroatoms. The maximum absolute atomic E-state index is 13.7. The highest BCUT2D eigenvalue weighted by Crippen LogP contribution is 2.31. The number of hydrogen-bond acceptors (Lipinski definition) is 6. The van der Waals surface area contributed by atoms with Crippen molar-refractivity contribution >= 4 is 17.9 Å². The molecule has 38 heavy (non-hydrogen) atoms. The molecule has 0 aliphatic carbocycles. The maximum Gasteiger partial charge on any atom is 0.187 e. The summed E-state index contributed by atoms with van der Waals surface area (Å²) in [5.74, 6) is 3.07. The number of likely N-dealkylation sites (tertiary alicyclic amines) is 1. The van der Waals surface area contributed by atoms with Crippen LogP contribution in [0.25, 0.3) is 12.2 Å². The number of ketones is 1. The van der Waals surface area contributed by atoms with Gasteiger partial charge < -0.3 is 18.9 Å². The highest BCUT2D eigenvalue weighted by atomic mass is 16.5. The molecule has 3 rings (SSSR count). The number of hydrogen-bond donors (Lipinski definition) is 0. The zero-order valence-electron chi connectivity index (χ0n) is 23.7. The van der Waals surface area contributed by atoms with Crippen molar-refractivity contribution in [3.8, 4) is 23.0 Å². The van der Waals surface area contributed by atoms with Gasteiger partial charge in [0, 0.05) is 47.5 Å². The lowest BCUT2D eigenvalue weighted by molar-refractivity contribution is -0.113. The van der Waals surface area contributed by atoms with E-state index in [-0.39, 0.29) is 5.78 Å². The summed E-state index contributed by atoms with van der Waals surface area (Å²) in [5, 5.41) is 0. The first-order valence-corrected chi connectivity index (χ1v) is 13.9. The Balaban J connectivity index is 1.93. The number of piperidine rings is 1. The molecule has 0 atom stereocenters. The molecule has 2 aromatic rings. The molecular formula is C32H43NO5. The summed E-state index contributed by atoms with van der Waals surface area (Å²) in [6.45, 7) is 12.0. The summed E-state index contributed by atoms with van der Waals surface area (Å²) in [7, 11) is 2.03. The van der Waals surface area contributed by atoms with E-state index >= 15 is 0 Å². The van der Waals surface area contributed by atoms with Crippen LogP contribution < -0.4 is 18.9 Å². The first kappa shape index (κ1) is 29.3. The molecule has 0 radical (unpaired) electrons. The van der Waals surface area contributed by atoms with Gasteiger partial charge in [0.1, 0.15) is 23.0 Å². The van der Waals surface area contributed by atoms with Crippen LogP contribution in [0.5, 0.6) is 23.0 Å². The van der Waals surface area contributed by atoms with Crippen LogP contribution in [0.2, 0.25) is 0 Å². The van der Waals surface area contributed by atoms with Crippen molar-refractivity contribution in [2.75, 3.05) is 46.6 Å². The third-order valence-corrected chi connectivity index (χ3v) is 5.96. The van der Waals surface area contributed by atoms with Crippen LogP contribution in [0.15, 0.2) is 47.5 Å². The van der Waals surface area contributed by atoms with E-state index in [2.05, 4.69) is 32.6 Å². The lowest BCUT2D eigenvalue weighted by atomic mass is 9.94. The van der Waals surface area contributed by atoms with E-state index in [4.69, 9.17) is 18.9 Å². The molecule has 1 saturated heterocycles. The zero-order chi connectivity index (χ0) is 27.3. The lowest BCUT2D eigenvalue weighted by Crippen LogP contribution is -2.34. The van der Waals surface area contributed by atoms with Gasteiger partial charge in [0.2, 0.25) is 0 Å². The summed E-state index contributed by atoms with van der Waals surface area (Å²) in [5.41, 5.74) is 3.22. The maximum atomic E-state index is 13.7. The number of carbonyl (C=O) groups excluding carboxylic acids is 1. The van der Waals surface area contributed by atoms with Gasteiger partial charge in [-0.05, 0) is 69.1 Å². The topological polar surface area (TPSA) is 57.2 Å². The molecule has 0 bridgehead atoms. The van der Waals surface area contributed by atoms with E-state index in [0.717, 1.165) is 71.0 Å². The first-order valence-electron chi connectivity index (χ1n) is 13.9. The number of benzene rings is 2. The molecule has 206 valence electrons. The number of likely N-dealkylation sites (N-methyl/N-ethyl adjacent to an activating group) is 1. The molecule has 1 fully saturated rings. The third-order valence-electron chi connectivity index (χ3n) is 5.96. The summed E-state index contributed by atoms with van der Waals surface area (Å²) < 4.78 is 23.7. The van der Waals surface area contributed by atoms with E-state index in [1.165, 1.54) is 0 Å². The van der Waals surface area contributed by atoms with Gasteiger partial charge in [0.25, 0.3) is 0 Å². The molecule has 6 nitrogen and oxygen atoms in total. The molecule has 1 aliphatic rings. The Bertz CT molecular complexity index is 1040. The second kappa shape index (κ2) is 15.2. The number of rotatable bonds is 14. The normalized spacial score (nSPS) is 16.2. The Hall–Kier alpha value is -3.25. The largest absolute Gasteiger partial charge is 0.493 e. The Morgan fingerprint density at radius 1 is 0.658 bits per heavy atom. The van der Waals surface area contributed by atoms with Gasteiger partial charge in [-0.25, -0.2) is 0 Å². The SMILES string of the molecule is CCCOc1ccc(C=C2CN(C)CC(=Cc3ccc(OCCC)cc3OCCC)C2=O)c(OCCC)c1. The summed E-state index contributed by atoms with van der Waals surface area (Å²) in [6.07, 6.45) is 7.58. The highest BCUT2D eigenvalue weighted by molar-refractivity contribution is 6.14. The van der Waals surface area contributed by atoms with Crippen LogP contribution in [0.1, 0.15) is 64.5 Å². The lowest BCUT2D eigenvalue weighted by Gasteiger charge is -2.26. The standard InChI is InChI=1S/C32H43NO5/c1-6-14-35-28-12-10-24(30(20-28)37-16-8-3)18-26-22-33(5)23-27(32(26)34)19-25-11-13-29(36-15-7-2)21-31(25)38-17-9-4/h10-13,18-21H,6-9,14-17,22-23H2,1-5H3. The second-order valence-electron chi connectivity index (χ2n) is 9.63. The predicted octanol–water partition coefficient (Wildman–Crippen LogP) is 6.82. The summed E-state index contributed by atoms with van der Waals surface area (Å²) in [6, 6.07) is 11.7. The van der Waals surface area contributed by atoms with Crippen molar-refractivity contribution in [2.45, 2.75) is 53.4 Å². The smallest absolute Gasteiger partial charge is 0.187 e. The van der Waals surface area contributed by atoms with Crippen molar-refractivity contribution in [3.63, 3.8) is 0 Å². The molecule has 1 aliphatic heterocycles. The molecular weight excluding hydrogens is 478 g/mol. The Morgan fingerprint density at radius 2 is 1.05 bits per heavy atom. The van der Waals surface area contributed by atoms with E-state index < -0.39 is 0 Å². The van der Waals surface area contributed by atoms with E-state index in [0.29, 0.717) is 39.5 Å². The molecule has 1 heterocycles. The molecule has 0 N–H and O–H groups in total. The van der Waals surface area contributed by atoms with Crippen molar-refractivity contribution in [3.05, 3.63) is 58.7 Å². The number of ether oxygens (including phenoxy) is 4. The van der Waals surface area contributed by atoms with Crippen molar-refractivity contribution in [2.24, 2.45) is 0 Å². The van der Waals surface area contributed by atoms with Crippen LogP contribution >= 0.6 is 0 Å². The summed E-state index contributed by atoms with van der Waals surface area (Å²) in [4.78, 5) is 15.8. The fraction of sp³-hybridized carbons (Fsp3) is 0.469. The van der Waals surface area contributed by atoms with Crippen LogP contribution in [0.4, 0.5) is 0 Å². The molecule has 0 spiro atoms. The average Bonchev–Trinajstić information content (AvgIpc) is 2.92. The predicted molar refractivity (Wildman–Crippen MR) is 154 cm³/mol. The van der Waals surface area contributed by atoms with Crippen molar-refractivity contribution < 1.29 is 23.7 Å². The fourth-order valence-corrected chi connectivity index (χ4v) is 4.15. The Morgan fingerprint density at radius 3 is 1.45 bits per heavy atom. The molecule has 0 saturated carbocycles. The van der Waals surface area contributed by atoms with Gasteiger partial charge in [-0.2, -0.15) is 0 Å². The van der Waals surface area contributed by atoms with Gasteiger partial charge in [0.05, 0.1) is 26.4 Å². The van der Waals surface area contributed by atoms with Gasteiger partial charge in [0.15, 0.2) is 5.78 Å². The van der Waals surface area contributed by atoms with Gasteiger partial charge in [-0.15, -0.1) is 0 Å². The third kappa shape index (κ3) is 8.38. The fourth-order valence-electron chi connectivity index (χ4n) is 4.15. The number of Topliss-reactive ketones (excluding diaryl/α,β-unsaturated/α-hetero) is 1. The number of nitrogens with zero attached hydrogens (tertiary/aromatic N) is 1. The molecule has 0 unspecified atom stereocenters. The van der Waals surface area contributed by atoms with Crippen molar-refractivity contribution in [1.29, 1.82) is 0 Å². The van der Waals surface area contributed by atoms with E-state index in [9.17, 15) is 4.79 Å². The average molecular weight is 522 g/mol. The van der Waals surface area contributed by atoms with E-state index in [1.54, 1.807) is 0 Å². The van der Waals surface area contributed by atoms with Crippen LogP contribution in [0, 0.1) is 0 Å². The Kier molecular flexibility index (Phi) is 11.7. The van der Waals surface area contributed by atoms with Gasteiger partial charge in [-0.3, -0.25) is 9.69 Å². The minimum Gasteiger partial charge on any atom is -0.493 e. The number of carbonyl (C=O) groups is 1. The van der Waals surface area contributed by atoms with Gasteiger partial charge in [-0.1, -0.05) is 27.7 Å². The van der Waals surface area contributed by atoms with E-state index in [1.807, 2.05) is 55.6 Å². The van der Waals surface area contributed by atoms with Gasteiger partial charge >= 0.3 is 0 Å². The zero-order valence-corrected chi connectivity index (χ0v) is 23.7. The highest BCUT2D eigenvalue weighted by Gasteiger charge is 2.25. The first-order chi connectivity index (χ1) is 18.5. The van der Waals surface area contributed by atoms with Crippen molar-refractivity contribution in [1.82, 2.24) is 4.90 Å². The monoisotopic (exact) mass is 521 g/mol. The van der Waals surface area contributed by atoms with Crippen LogP contribution in [-0.2, 0) is 4.79 Å². The van der Waals surface area contributed by atoms with Crippen LogP contribution in [-0.4, -0.2) is 57.2 Å². The molecule has 2 aromatic carbocycles. The molecule has 0 aromatic heterocycles. The second-order valence-corrected chi connectivity index (χ2v) is 9.63. The minimum absolute atomic E-state index is 0.0450.